The lowest BCUT2D eigenvalue weighted by Gasteiger charge is -2.22. The summed E-state index contributed by atoms with van der Waals surface area (Å²) in [5, 5.41) is 7.61. The molecular weight excluding hydrogens is 362 g/mol. The van der Waals surface area contributed by atoms with E-state index in [0.29, 0.717) is 0 Å². The molecule has 28 heavy (non-hydrogen) atoms. The molecule has 0 aromatic heterocycles. The maximum atomic E-state index is 12.1. The van der Waals surface area contributed by atoms with Crippen LogP contribution in [-0.2, 0) is 19.1 Å². The Hall–Kier alpha value is -2.90. The fourth-order valence-corrected chi connectivity index (χ4v) is 3.19. The monoisotopic (exact) mass is 389 g/mol. The van der Waals surface area contributed by atoms with Gasteiger partial charge in [0, 0.05) is 13.0 Å². The van der Waals surface area contributed by atoms with Crippen molar-refractivity contribution in [1.82, 2.24) is 16.0 Å². The van der Waals surface area contributed by atoms with Crippen LogP contribution in [0.25, 0.3) is 0 Å². The molecule has 1 atom stereocenters. The molecular formula is C20H27N3O5. The largest absolute Gasteiger partial charge is 0.455 e. The summed E-state index contributed by atoms with van der Waals surface area (Å²) < 4.78 is 4.95. The molecule has 0 heterocycles. The first kappa shape index (κ1) is 21.4. The summed E-state index contributed by atoms with van der Waals surface area (Å²) in [7, 11) is 0. The summed E-state index contributed by atoms with van der Waals surface area (Å²) in [5.74, 6) is -1.62. The van der Waals surface area contributed by atoms with Gasteiger partial charge in [-0.3, -0.25) is 19.7 Å². The number of nitrogens with one attached hydrogen (secondary N) is 3. The molecule has 8 heteroatoms. The molecule has 2 rings (SSSR count). The highest BCUT2D eigenvalue weighted by Crippen LogP contribution is 2.18. The lowest BCUT2D eigenvalue weighted by molar-refractivity contribution is -0.148. The second-order valence-electron chi connectivity index (χ2n) is 6.89. The first-order valence-electron chi connectivity index (χ1n) is 9.52. The van der Waals surface area contributed by atoms with Crippen molar-refractivity contribution in [2.24, 2.45) is 0 Å². The minimum atomic E-state index is -0.697. The number of urea groups is 1. The molecule has 4 amide bonds. The standard InChI is InChI=1S/C20H27N3O5/c1-14(24)21-17(15-8-4-2-5-9-15)12-19(26)28-13-18(25)23-20(27)22-16-10-6-3-7-11-16/h2,4-5,8-9,16-17H,3,6-7,10-13H2,1H3,(H,21,24)(H2,22,23,25,27). The van der Waals surface area contributed by atoms with Crippen LogP contribution in [0.15, 0.2) is 30.3 Å². The maximum Gasteiger partial charge on any atom is 0.321 e. The summed E-state index contributed by atoms with van der Waals surface area (Å²) in [6.07, 6.45) is 4.98. The van der Waals surface area contributed by atoms with E-state index in [1.807, 2.05) is 6.07 Å². The molecule has 1 aromatic carbocycles. The zero-order chi connectivity index (χ0) is 20.4. The summed E-state index contributed by atoms with van der Waals surface area (Å²) >= 11 is 0. The Balaban J connectivity index is 1.75. The molecule has 152 valence electrons. The number of ether oxygens (including phenoxy) is 1. The maximum absolute atomic E-state index is 12.1. The average molecular weight is 389 g/mol. The summed E-state index contributed by atoms with van der Waals surface area (Å²) in [6.45, 7) is 0.804. The van der Waals surface area contributed by atoms with Gasteiger partial charge in [0.2, 0.25) is 5.91 Å². The van der Waals surface area contributed by atoms with Crippen LogP contribution in [-0.4, -0.2) is 36.5 Å². The molecule has 0 bridgehead atoms. The molecule has 0 radical (unpaired) electrons. The van der Waals surface area contributed by atoms with Crippen LogP contribution in [0, 0.1) is 0 Å². The Labute approximate surface area is 164 Å². The third-order valence-electron chi connectivity index (χ3n) is 4.51. The van der Waals surface area contributed by atoms with E-state index in [-0.39, 0.29) is 18.4 Å². The Kier molecular flexibility index (Phi) is 8.45. The van der Waals surface area contributed by atoms with Gasteiger partial charge >= 0.3 is 12.0 Å². The van der Waals surface area contributed by atoms with Crippen molar-refractivity contribution in [3.05, 3.63) is 35.9 Å². The molecule has 0 spiro atoms. The second kappa shape index (κ2) is 11.1. The van der Waals surface area contributed by atoms with Crippen molar-refractivity contribution < 1.29 is 23.9 Å². The van der Waals surface area contributed by atoms with Gasteiger partial charge in [-0.05, 0) is 18.4 Å². The van der Waals surface area contributed by atoms with Gasteiger partial charge in [0.15, 0.2) is 6.61 Å². The highest BCUT2D eigenvalue weighted by Gasteiger charge is 2.20. The van der Waals surface area contributed by atoms with E-state index in [0.717, 1.165) is 37.7 Å². The average Bonchev–Trinajstić information content (AvgIpc) is 2.67. The molecule has 0 aliphatic heterocycles. The lowest BCUT2D eigenvalue weighted by Crippen LogP contribution is -2.46. The number of carbonyl (C=O) groups is 4. The number of hydrogen-bond donors (Lipinski definition) is 3. The van der Waals surface area contributed by atoms with E-state index >= 15 is 0 Å². The van der Waals surface area contributed by atoms with Crippen LogP contribution in [0.4, 0.5) is 4.79 Å². The van der Waals surface area contributed by atoms with Gasteiger partial charge in [-0.25, -0.2) is 4.79 Å². The number of hydrogen-bond acceptors (Lipinski definition) is 5. The molecule has 8 nitrogen and oxygen atoms in total. The number of imide groups is 1. The topological polar surface area (TPSA) is 114 Å². The first-order chi connectivity index (χ1) is 13.4. The van der Waals surface area contributed by atoms with Crippen molar-refractivity contribution in [3.63, 3.8) is 0 Å². The van der Waals surface area contributed by atoms with Gasteiger partial charge in [-0.2, -0.15) is 0 Å². The predicted molar refractivity (Wildman–Crippen MR) is 102 cm³/mol. The lowest BCUT2D eigenvalue weighted by atomic mass is 9.96. The van der Waals surface area contributed by atoms with Crippen molar-refractivity contribution >= 4 is 23.8 Å². The summed E-state index contributed by atoms with van der Waals surface area (Å²) in [4.78, 5) is 47.1. The molecule has 1 saturated carbocycles. The summed E-state index contributed by atoms with van der Waals surface area (Å²) in [6, 6.07) is 7.95. The van der Waals surface area contributed by atoms with Crippen LogP contribution in [0.3, 0.4) is 0 Å². The Morgan fingerprint density at radius 2 is 1.75 bits per heavy atom. The zero-order valence-electron chi connectivity index (χ0n) is 16.0. The van der Waals surface area contributed by atoms with Crippen LogP contribution < -0.4 is 16.0 Å². The van der Waals surface area contributed by atoms with E-state index in [4.69, 9.17) is 4.74 Å². The molecule has 1 fully saturated rings. The normalized spacial score (nSPS) is 15.2. The molecule has 0 saturated heterocycles. The van der Waals surface area contributed by atoms with Gasteiger partial charge in [-0.15, -0.1) is 0 Å². The van der Waals surface area contributed by atoms with Crippen molar-refractivity contribution in [1.29, 1.82) is 0 Å². The van der Waals surface area contributed by atoms with Crippen molar-refractivity contribution in [3.8, 4) is 0 Å². The number of carbonyl (C=O) groups excluding carboxylic acids is 4. The van der Waals surface area contributed by atoms with E-state index in [9.17, 15) is 19.2 Å². The fourth-order valence-electron chi connectivity index (χ4n) is 3.19. The van der Waals surface area contributed by atoms with Gasteiger partial charge in [-0.1, -0.05) is 49.6 Å². The predicted octanol–water partition coefficient (Wildman–Crippen LogP) is 1.96. The minimum Gasteiger partial charge on any atom is -0.455 e. The quantitative estimate of drug-likeness (QED) is 0.617. The van der Waals surface area contributed by atoms with Crippen LogP contribution in [0.2, 0.25) is 0 Å². The fraction of sp³-hybridized carbons (Fsp3) is 0.500. The van der Waals surface area contributed by atoms with E-state index in [1.165, 1.54) is 6.92 Å². The van der Waals surface area contributed by atoms with E-state index < -0.39 is 30.6 Å². The number of esters is 1. The Bertz CT molecular complexity index is 686. The number of benzene rings is 1. The SMILES string of the molecule is CC(=O)NC(CC(=O)OCC(=O)NC(=O)NC1CCCCC1)c1ccccc1. The highest BCUT2D eigenvalue weighted by atomic mass is 16.5. The van der Waals surface area contributed by atoms with Crippen LogP contribution in [0.5, 0.6) is 0 Å². The molecule has 1 unspecified atom stereocenters. The molecule has 1 aliphatic carbocycles. The Morgan fingerprint density at radius 3 is 2.39 bits per heavy atom. The second-order valence-corrected chi connectivity index (χ2v) is 6.89. The first-order valence-corrected chi connectivity index (χ1v) is 9.52. The third kappa shape index (κ3) is 7.77. The number of amides is 4. The molecule has 1 aromatic rings. The van der Waals surface area contributed by atoms with Gasteiger partial charge < -0.3 is 15.4 Å². The zero-order valence-corrected chi connectivity index (χ0v) is 16.0. The van der Waals surface area contributed by atoms with Crippen LogP contribution >= 0.6 is 0 Å². The summed E-state index contributed by atoms with van der Waals surface area (Å²) in [5.41, 5.74) is 0.756. The van der Waals surface area contributed by atoms with Crippen molar-refractivity contribution in [2.45, 2.75) is 57.5 Å². The smallest absolute Gasteiger partial charge is 0.321 e. The minimum absolute atomic E-state index is 0.0772. The van der Waals surface area contributed by atoms with Crippen LogP contribution in [0.1, 0.15) is 57.1 Å². The Morgan fingerprint density at radius 1 is 1.07 bits per heavy atom. The van der Waals surface area contributed by atoms with Gasteiger partial charge in [0.1, 0.15) is 0 Å². The van der Waals surface area contributed by atoms with E-state index in [2.05, 4.69) is 16.0 Å². The molecule has 3 N–H and O–H groups in total. The van der Waals surface area contributed by atoms with Crippen molar-refractivity contribution in [2.75, 3.05) is 6.61 Å². The third-order valence-corrected chi connectivity index (χ3v) is 4.51. The highest BCUT2D eigenvalue weighted by molar-refractivity contribution is 5.95. The molecule has 1 aliphatic rings. The van der Waals surface area contributed by atoms with Gasteiger partial charge in [0.25, 0.3) is 5.91 Å². The van der Waals surface area contributed by atoms with Gasteiger partial charge in [0.05, 0.1) is 12.5 Å². The van der Waals surface area contributed by atoms with E-state index in [1.54, 1.807) is 24.3 Å². The number of rotatable bonds is 7.